The molecule has 4 rings (SSSR count). The Morgan fingerprint density at radius 2 is 1.55 bits per heavy atom. The Hall–Kier alpha value is -3.32. The Labute approximate surface area is 181 Å². The minimum atomic E-state index is -4.47. The first-order chi connectivity index (χ1) is 14.9. The van der Waals surface area contributed by atoms with Crippen LogP contribution in [-0.4, -0.2) is 19.2 Å². The van der Waals surface area contributed by atoms with Crippen LogP contribution in [0.25, 0.3) is 32.9 Å². The molecule has 1 aromatic heterocycles. The first kappa shape index (κ1) is 20.9. The summed E-state index contributed by atoms with van der Waals surface area (Å²) >= 11 is 1.58. The van der Waals surface area contributed by atoms with Gasteiger partial charge in [0.1, 0.15) is 16.5 Å². The number of alkyl halides is 3. The summed E-state index contributed by atoms with van der Waals surface area (Å²) in [6, 6.07) is 17.5. The van der Waals surface area contributed by atoms with Gasteiger partial charge in [-0.1, -0.05) is 42.5 Å². The average molecular weight is 441 g/mol. The summed E-state index contributed by atoms with van der Waals surface area (Å²) in [6.45, 7) is 0. The molecular formula is C24H18F3NO2S. The number of rotatable bonds is 5. The first-order valence-electron chi connectivity index (χ1n) is 9.36. The molecule has 31 heavy (non-hydrogen) atoms. The van der Waals surface area contributed by atoms with E-state index >= 15 is 0 Å². The lowest BCUT2D eigenvalue weighted by molar-refractivity contribution is -0.138. The van der Waals surface area contributed by atoms with Gasteiger partial charge >= 0.3 is 6.18 Å². The van der Waals surface area contributed by atoms with E-state index in [0.717, 1.165) is 38.2 Å². The zero-order valence-corrected chi connectivity index (χ0v) is 17.6. The van der Waals surface area contributed by atoms with Crippen LogP contribution in [-0.2, 0) is 6.18 Å². The highest BCUT2D eigenvalue weighted by Gasteiger charge is 2.34. The number of hydrogen-bond acceptors (Lipinski definition) is 4. The second-order valence-electron chi connectivity index (χ2n) is 6.77. The van der Waals surface area contributed by atoms with Crippen LogP contribution in [0.4, 0.5) is 13.2 Å². The van der Waals surface area contributed by atoms with E-state index in [4.69, 9.17) is 9.47 Å². The van der Waals surface area contributed by atoms with Crippen LogP contribution >= 0.6 is 11.3 Å². The molecule has 3 nitrogen and oxygen atoms in total. The standard InChI is InChI=1S/C24H18F3NO2S/c1-29-18-10-11-20-22(14-18)31-23(28-20)17-8-5-15(6-9-17)3-4-16-7-12-21(30-2)19(13-16)24(25,26)27/h3-14H,1-2H3/b4-3+. The quantitative estimate of drug-likeness (QED) is 0.308. The summed E-state index contributed by atoms with van der Waals surface area (Å²) in [5.41, 5.74) is 2.40. The SMILES string of the molecule is COc1ccc2nc(-c3ccc(/C=C/c4ccc(OC)c(C(F)(F)F)c4)cc3)sc2c1. The Morgan fingerprint density at radius 1 is 0.839 bits per heavy atom. The zero-order valence-electron chi connectivity index (χ0n) is 16.7. The van der Waals surface area contributed by atoms with E-state index in [1.54, 1.807) is 36.7 Å². The van der Waals surface area contributed by atoms with Crippen molar-refractivity contribution >= 4 is 33.7 Å². The van der Waals surface area contributed by atoms with Crippen LogP contribution in [0.2, 0.25) is 0 Å². The van der Waals surface area contributed by atoms with Crippen molar-refractivity contribution in [3.63, 3.8) is 0 Å². The Kier molecular flexibility index (Phi) is 5.69. The van der Waals surface area contributed by atoms with Gasteiger partial charge < -0.3 is 9.47 Å². The van der Waals surface area contributed by atoms with E-state index < -0.39 is 11.7 Å². The van der Waals surface area contributed by atoms with Gasteiger partial charge in [-0.15, -0.1) is 11.3 Å². The molecule has 0 saturated heterocycles. The lowest BCUT2D eigenvalue weighted by Crippen LogP contribution is -2.07. The predicted octanol–water partition coefficient (Wildman–Crippen LogP) is 7.17. The van der Waals surface area contributed by atoms with Crippen molar-refractivity contribution < 1.29 is 22.6 Å². The maximum absolute atomic E-state index is 13.2. The highest BCUT2D eigenvalue weighted by molar-refractivity contribution is 7.21. The highest BCUT2D eigenvalue weighted by atomic mass is 32.1. The molecule has 0 spiro atoms. The van der Waals surface area contributed by atoms with Gasteiger partial charge in [-0.05, 0) is 41.5 Å². The van der Waals surface area contributed by atoms with Gasteiger partial charge in [0.05, 0.1) is 30.0 Å². The van der Waals surface area contributed by atoms with Crippen LogP contribution in [0.1, 0.15) is 16.7 Å². The molecule has 0 radical (unpaired) electrons. The zero-order chi connectivity index (χ0) is 22.0. The monoisotopic (exact) mass is 441 g/mol. The third kappa shape index (κ3) is 4.56. The molecule has 0 aliphatic rings. The molecule has 0 bridgehead atoms. The van der Waals surface area contributed by atoms with Crippen LogP contribution in [0.15, 0.2) is 60.7 Å². The lowest BCUT2D eigenvalue weighted by Gasteiger charge is -2.12. The minimum absolute atomic E-state index is 0.192. The summed E-state index contributed by atoms with van der Waals surface area (Å²) in [6.07, 6.45) is -1.05. The number of nitrogens with zero attached hydrogens (tertiary/aromatic N) is 1. The van der Waals surface area contributed by atoms with E-state index in [1.807, 2.05) is 42.5 Å². The van der Waals surface area contributed by atoms with Crippen LogP contribution in [0.5, 0.6) is 11.5 Å². The topological polar surface area (TPSA) is 31.4 Å². The third-order valence-corrected chi connectivity index (χ3v) is 5.82. The van der Waals surface area contributed by atoms with Crippen molar-refractivity contribution in [1.29, 1.82) is 0 Å². The predicted molar refractivity (Wildman–Crippen MR) is 119 cm³/mol. The molecule has 0 saturated carbocycles. The summed E-state index contributed by atoms with van der Waals surface area (Å²) in [5, 5.41) is 0.892. The van der Waals surface area contributed by atoms with Crippen molar-refractivity contribution in [2.75, 3.05) is 14.2 Å². The molecule has 4 aromatic rings. The number of methoxy groups -OCH3 is 2. The summed E-state index contributed by atoms with van der Waals surface area (Å²) in [7, 11) is 2.86. The Balaban J connectivity index is 1.56. The van der Waals surface area contributed by atoms with E-state index in [-0.39, 0.29) is 5.75 Å². The summed E-state index contributed by atoms with van der Waals surface area (Å²) < 4.78 is 50.7. The Morgan fingerprint density at radius 3 is 2.23 bits per heavy atom. The maximum atomic E-state index is 13.2. The van der Waals surface area contributed by atoms with Crippen LogP contribution < -0.4 is 9.47 Å². The van der Waals surface area contributed by atoms with Gasteiger partial charge in [0.2, 0.25) is 0 Å². The number of ether oxygens (including phenoxy) is 2. The van der Waals surface area contributed by atoms with Crippen molar-refractivity contribution in [3.8, 4) is 22.1 Å². The molecule has 0 atom stereocenters. The third-order valence-electron chi connectivity index (χ3n) is 4.75. The summed E-state index contributed by atoms with van der Waals surface area (Å²) in [4.78, 5) is 4.66. The van der Waals surface area contributed by atoms with Gasteiger partial charge in [0.25, 0.3) is 0 Å². The van der Waals surface area contributed by atoms with Crippen LogP contribution in [0, 0.1) is 0 Å². The van der Waals surface area contributed by atoms with Crippen LogP contribution in [0.3, 0.4) is 0 Å². The molecule has 158 valence electrons. The van der Waals surface area contributed by atoms with E-state index in [1.165, 1.54) is 13.2 Å². The molecule has 7 heteroatoms. The normalized spacial score (nSPS) is 11.9. The molecule has 0 fully saturated rings. The van der Waals surface area contributed by atoms with Crippen molar-refractivity contribution in [2.45, 2.75) is 6.18 Å². The fourth-order valence-corrected chi connectivity index (χ4v) is 4.14. The van der Waals surface area contributed by atoms with Gasteiger partial charge in [0, 0.05) is 5.56 Å². The van der Waals surface area contributed by atoms with E-state index in [2.05, 4.69) is 4.98 Å². The number of fused-ring (bicyclic) bond motifs is 1. The molecule has 0 amide bonds. The smallest absolute Gasteiger partial charge is 0.419 e. The molecule has 1 heterocycles. The average Bonchev–Trinajstić information content (AvgIpc) is 3.20. The second kappa shape index (κ2) is 8.43. The first-order valence-corrected chi connectivity index (χ1v) is 10.2. The van der Waals surface area contributed by atoms with E-state index in [0.29, 0.717) is 5.56 Å². The number of aromatic nitrogens is 1. The summed E-state index contributed by atoms with van der Waals surface area (Å²) in [5.74, 6) is 0.595. The van der Waals surface area contributed by atoms with Crippen molar-refractivity contribution in [1.82, 2.24) is 4.98 Å². The largest absolute Gasteiger partial charge is 0.497 e. The fraction of sp³-hybridized carbons (Fsp3) is 0.125. The number of hydrogen-bond donors (Lipinski definition) is 0. The molecule has 3 aromatic carbocycles. The minimum Gasteiger partial charge on any atom is -0.497 e. The fourth-order valence-electron chi connectivity index (χ4n) is 3.14. The highest BCUT2D eigenvalue weighted by Crippen LogP contribution is 2.37. The lowest BCUT2D eigenvalue weighted by atomic mass is 10.1. The molecule has 0 aliphatic carbocycles. The molecule has 0 aliphatic heterocycles. The number of thiazole rings is 1. The molecular weight excluding hydrogens is 423 g/mol. The van der Waals surface area contributed by atoms with Crippen molar-refractivity contribution in [2.24, 2.45) is 0 Å². The van der Waals surface area contributed by atoms with Crippen molar-refractivity contribution in [3.05, 3.63) is 77.4 Å². The maximum Gasteiger partial charge on any atom is 0.419 e. The van der Waals surface area contributed by atoms with Gasteiger partial charge in [-0.25, -0.2) is 4.98 Å². The van der Waals surface area contributed by atoms with Gasteiger partial charge in [0.15, 0.2) is 0 Å². The number of halogens is 3. The number of benzene rings is 3. The van der Waals surface area contributed by atoms with E-state index in [9.17, 15) is 13.2 Å². The second-order valence-corrected chi connectivity index (χ2v) is 7.80. The van der Waals surface area contributed by atoms with Gasteiger partial charge in [-0.3, -0.25) is 0 Å². The molecule has 0 N–H and O–H groups in total. The molecule has 0 unspecified atom stereocenters. The Bertz CT molecular complexity index is 1240. The van der Waals surface area contributed by atoms with Gasteiger partial charge in [-0.2, -0.15) is 13.2 Å².